The van der Waals surface area contributed by atoms with Crippen LogP contribution in [0.1, 0.15) is 93.0 Å². The number of nitrogens with one attached hydrogen (secondary N) is 1. The Bertz CT molecular complexity index is 3340. The summed E-state index contributed by atoms with van der Waals surface area (Å²) in [5.41, 5.74) is 11.4. The van der Waals surface area contributed by atoms with Gasteiger partial charge < -0.3 is 29.2 Å². The molecule has 2 aliphatic heterocycles. The van der Waals surface area contributed by atoms with Crippen molar-refractivity contribution in [2.75, 3.05) is 26.2 Å². The largest absolute Gasteiger partial charge is 0.485 e. The Hall–Kier alpha value is -8.47. The lowest BCUT2D eigenvalue weighted by molar-refractivity contribution is 0.0542. The topological polar surface area (TPSA) is 75.7 Å². The molecule has 2 aliphatic rings. The lowest BCUT2D eigenvalue weighted by Gasteiger charge is -2.39. The van der Waals surface area contributed by atoms with Gasteiger partial charge in [0.05, 0.1) is 0 Å². The van der Waals surface area contributed by atoms with Gasteiger partial charge in [0.15, 0.2) is 23.0 Å². The van der Waals surface area contributed by atoms with E-state index in [9.17, 15) is 4.79 Å². The van der Waals surface area contributed by atoms with E-state index in [4.69, 9.17) is 18.9 Å². The molecule has 1 N–H and O–H groups in total. The molecule has 11 rings (SSSR count). The number of benzene rings is 9. The zero-order valence-electron chi connectivity index (χ0n) is 48.7. The van der Waals surface area contributed by atoms with Gasteiger partial charge in [0.25, 0.3) is 5.91 Å². The number of ether oxygens (including phenoxy) is 4. The average Bonchev–Trinajstić information content (AvgIpc) is 3.71. The summed E-state index contributed by atoms with van der Waals surface area (Å²) in [6.07, 6.45) is 5.15. The summed E-state index contributed by atoms with van der Waals surface area (Å²) in [7, 11) is 0. The van der Waals surface area contributed by atoms with Crippen molar-refractivity contribution >= 4 is 5.91 Å². The standard InChI is InChI=1S/C42H44N2O3.C33H36N2O2/c1-2-33-18-21-38(22-19-33)42(45)44(39-24-26-43(27-25-39)29-34-12-6-3-7-13-34)30-37-20-23-40(46-31-35-14-8-4-9-15-35)41(28-37)47-32-36-16-10-5-11-17-36;1-4-10-27(11-5-1)24-35-20-18-31(19-21-35)34-23-30-16-17-32(36-25-28-12-6-2-7-13-28)33(22-30)37-26-29-14-8-3-9-15-29/h3-23,28,39H,2,24-27,29-32H2,1H3;1-17,22,31,34H,18-21,23-26H2. The molecule has 9 aromatic carbocycles. The third-order valence-corrected chi connectivity index (χ3v) is 15.9. The normalized spacial score (nSPS) is 14.0. The lowest BCUT2D eigenvalue weighted by Crippen LogP contribution is -2.46. The maximum Gasteiger partial charge on any atom is 0.254 e. The van der Waals surface area contributed by atoms with Crippen molar-refractivity contribution in [3.63, 3.8) is 0 Å². The van der Waals surface area contributed by atoms with Gasteiger partial charge in [-0.1, -0.05) is 213 Å². The number of hydrogen-bond donors (Lipinski definition) is 1. The van der Waals surface area contributed by atoms with E-state index in [0.717, 1.165) is 110 Å². The first-order chi connectivity index (χ1) is 41.5. The maximum absolute atomic E-state index is 14.2. The number of hydrogen-bond acceptors (Lipinski definition) is 8. The van der Waals surface area contributed by atoms with Crippen LogP contribution in [0.25, 0.3) is 0 Å². The van der Waals surface area contributed by atoms with Crippen molar-refractivity contribution in [3.8, 4) is 23.0 Å². The molecular weight excluding hydrogens is 1040 g/mol. The fourth-order valence-corrected chi connectivity index (χ4v) is 11.0. The Labute approximate surface area is 498 Å². The van der Waals surface area contributed by atoms with E-state index >= 15 is 0 Å². The van der Waals surface area contributed by atoms with Crippen LogP contribution in [0.4, 0.5) is 0 Å². The molecule has 2 heterocycles. The first-order valence-corrected chi connectivity index (χ1v) is 30.0. The molecule has 9 aromatic rings. The smallest absolute Gasteiger partial charge is 0.254 e. The number of carbonyl (C=O) groups excluding carboxylic acids is 1. The molecule has 0 unspecified atom stereocenters. The van der Waals surface area contributed by atoms with Crippen molar-refractivity contribution in [1.29, 1.82) is 0 Å². The lowest BCUT2D eigenvalue weighted by atomic mass is 9.99. The first-order valence-electron chi connectivity index (χ1n) is 30.0. The quantitative estimate of drug-likeness (QED) is 0.0641. The van der Waals surface area contributed by atoms with Gasteiger partial charge in [-0.25, -0.2) is 0 Å². The van der Waals surface area contributed by atoms with E-state index in [2.05, 4.69) is 166 Å². The molecule has 0 radical (unpaired) electrons. The van der Waals surface area contributed by atoms with E-state index in [-0.39, 0.29) is 11.9 Å². The number of piperidine rings is 2. The molecule has 2 saturated heterocycles. The van der Waals surface area contributed by atoms with E-state index < -0.39 is 0 Å². The summed E-state index contributed by atoms with van der Waals surface area (Å²) < 4.78 is 25.1. The van der Waals surface area contributed by atoms with Crippen LogP contribution in [-0.4, -0.2) is 58.9 Å². The fraction of sp³-hybridized carbons (Fsp3) is 0.267. The zero-order valence-corrected chi connectivity index (χ0v) is 48.7. The van der Waals surface area contributed by atoms with Crippen molar-refractivity contribution in [2.24, 2.45) is 0 Å². The molecular formula is C75H80N4O5. The summed E-state index contributed by atoms with van der Waals surface area (Å²) in [6, 6.07) is 83.4. The first kappa shape index (κ1) is 58.7. The van der Waals surface area contributed by atoms with E-state index in [1.165, 1.54) is 35.1 Å². The second kappa shape index (κ2) is 31.3. The number of aryl methyl sites for hydroxylation is 1. The number of likely N-dealkylation sites (tertiary alicyclic amines) is 2. The highest BCUT2D eigenvalue weighted by molar-refractivity contribution is 5.94. The van der Waals surface area contributed by atoms with Crippen LogP contribution in [0.5, 0.6) is 23.0 Å². The maximum atomic E-state index is 14.2. The Morgan fingerprint density at radius 2 is 0.762 bits per heavy atom. The van der Waals surface area contributed by atoms with Gasteiger partial charge in [0, 0.05) is 56.9 Å². The molecule has 0 bridgehead atoms. The molecule has 0 aliphatic carbocycles. The number of nitrogens with zero attached hydrogens (tertiary/aromatic N) is 3. The third-order valence-electron chi connectivity index (χ3n) is 15.9. The fourth-order valence-electron chi connectivity index (χ4n) is 11.0. The Kier molecular flexibility index (Phi) is 21.9. The molecule has 0 spiro atoms. The van der Waals surface area contributed by atoms with Gasteiger partial charge in [0.2, 0.25) is 0 Å². The van der Waals surface area contributed by atoms with Crippen molar-refractivity contribution in [3.05, 3.63) is 298 Å². The molecule has 9 heteroatoms. The average molecular weight is 1120 g/mol. The predicted molar refractivity (Wildman–Crippen MR) is 338 cm³/mol. The van der Waals surface area contributed by atoms with E-state index in [1.54, 1.807) is 0 Å². The Balaban J connectivity index is 0.000000193. The minimum Gasteiger partial charge on any atom is -0.485 e. The van der Waals surface area contributed by atoms with Gasteiger partial charge >= 0.3 is 0 Å². The molecule has 430 valence electrons. The Morgan fingerprint density at radius 1 is 0.405 bits per heavy atom. The number of carbonyl (C=O) groups is 1. The highest BCUT2D eigenvalue weighted by Crippen LogP contribution is 2.33. The van der Waals surface area contributed by atoms with Crippen molar-refractivity contribution in [1.82, 2.24) is 20.0 Å². The van der Waals surface area contributed by atoms with Gasteiger partial charge in [-0.15, -0.1) is 0 Å². The molecule has 1 amide bonds. The van der Waals surface area contributed by atoms with E-state index in [0.29, 0.717) is 50.5 Å². The van der Waals surface area contributed by atoms with Gasteiger partial charge in [0.1, 0.15) is 26.4 Å². The van der Waals surface area contributed by atoms with Crippen LogP contribution in [-0.2, 0) is 59.0 Å². The second-order valence-electron chi connectivity index (χ2n) is 22.1. The summed E-state index contributed by atoms with van der Waals surface area (Å²) in [6.45, 7) is 11.5. The molecule has 9 nitrogen and oxygen atoms in total. The number of rotatable bonds is 24. The number of amides is 1. The molecule has 2 fully saturated rings. The summed E-state index contributed by atoms with van der Waals surface area (Å²) in [5.74, 6) is 3.01. The van der Waals surface area contributed by atoms with Crippen LogP contribution >= 0.6 is 0 Å². The zero-order chi connectivity index (χ0) is 57.4. The summed E-state index contributed by atoms with van der Waals surface area (Å²) in [5, 5.41) is 3.78. The predicted octanol–water partition coefficient (Wildman–Crippen LogP) is 15.3. The van der Waals surface area contributed by atoms with E-state index in [1.807, 2.05) is 103 Å². The van der Waals surface area contributed by atoms with Crippen LogP contribution in [0, 0.1) is 0 Å². The molecule has 84 heavy (non-hydrogen) atoms. The van der Waals surface area contributed by atoms with Crippen molar-refractivity contribution in [2.45, 2.75) is 104 Å². The highest BCUT2D eigenvalue weighted by Gasteiger charge is 2.30. The van der Waals surface area contributed by atoms with Gasteiger partial charge in [-0.2, -0.15) is 0 Å². The molecule has 0 atom stereocenters. The minimum absolute atomic E-state index is 0.0744. The van der Waals surface area contributed by atoms with Crippen molar-refractivity contribution < 1.29 is 23.7 Å². The summed E-state index contributed by atoms with van der Waals surface area (Å²) in [4.78, 5) is 21.3. The minimum atomic E-state index is 0.0744. The SMILES string of the molecule is CCc1ccc(C(=O)N(Cc2ccc(OCc3ccccc3)c(OCc3ccccc3)c2)C2CCN(Cc3ccccc3)CC2)cc1.c1ccc(COc2ccc(CNC3CCN(Cc4ccccc4)CC3)cc2OCc2ccccc2)cc1. The molecule has 0 aromatic heterocycles. The van der Waals surface area contributed by atoms with Crippen LogP contribution < -0.4 is 24.3 Å². The van der Waals surface area contributed by atoms with Gasteiger partial charge in [-0.05, 0) is 132 Å². The highest BCUT2D eigenvalue weighted by atomic mass is 16.5. The summed E-state index contributed by atoms with van der Waals surface area (Å²) >= 11 is 0. The van der Waals surface area contributed by atoms with Crippen LogP contribution in [0.3, 0.4) is 0 Å². The van der Waals surface area contributed by atoms with Crippen LogP contribution in [0.15, 0.2) is 243 Å². The van der Waals surface area contributed by atoms with Crippen LogP contribution in [0.2, 0.25) is 0 Å². The monoisotopic (exact) mass is 1120 g/mol. The van der Waals surface area contributed by atoms with Gasteiger partial charge in [-0.3, -0.25) is 14.6 Å². The second-order valence-corrected chi connectivity index (χ2v) is 22.1. The Morgan fingerprint density at radius 3 is 1.18 bits per heavy atom. The third kappa shape index (κ3) is 18.0. The molecule has 0 saturated carbocycles.